The largest absolute Gasteiger partial charge is 0.474 e. The summed E-state index contributed by atoms with van der Waals surface area (Å²) in [5.41, 5.74) is 9.32. The fraction of sp³-hybridized carbons (Fsp3) is 0.469. The number of nitrogens with two attached hydrogens (primary N) is 1. The quantitative estimate of drug-likeness (QED) is 0.270. The van der Waals surface area contributed by atoms with Gasteiger partial charge in [0.15, 0.2) is 11.2 Å². The van der Waals surface area contributed by atoms with Crippen molar-refractivity contribution in [2.75, 3.05) is 43.4 Å². The molecular formula is C32H35FN8O. The normalized spacial score (nSPS) is 23.1. The molecule has 6 heterocycles. The van der Waals surface area contributed by atoms with E-state index in [1.165, 1.54) is 31.7 Å². The Kier molecular flexibility index (Phi) is 6.02. The number of aromatic nitrogens is 4. The number of terminal acetylenes is 1. The van der Waals surface area contributed by atoms with E-state index in [-0.39, 0.29) is 11.1 Å². The van der Waals surface area contributed by atoms with E-state index >= 15 is 0 Å². The Labute approximate surface area is 244 Å². The summed E-state index contributed by atoms with van der Waals surface area (Å²) in [7, 11) is 0. The molecule has 42 heavy (non-hydrogen) atoms. The van der Waals surface area contributed by atoms with Crippen LogP contribution in [0.3, 0.4) is 0 Å². The smallest absolute Gasteiger partial charge is 0.247 e. The summed E-state index contributed by atoms with van der Waals surface area (Å²) in [6.07, 6.45) is 14.6. The van der Waals surface area contributed by atoms with Gasteiger partial charge in [0.25, 0.3) is 0 Å². The maximum Gasteiger partial charge on any atom is 0.247 e. The molecule has 4 aromatic rings. The average molecular weight is 567 g/mol. The van der Waals surface area contributed by atoms with Gasteiger partial charge in [-0.2, -0.15) is 9.97 Å². The van der Waals surface area contributed by atoms with Crippen LogP contribution in [-0.2, 0) is 6.54 Å². The topological polar surface area (TPSA) is 97.4 Å². The second kappa shape index (κ2) is 9.82. The standard InChI is InChI=1S/C32H35FN8O/c1-2-25-26(33)8-5-20-13-22(34)14-21(27(20)25)15-40-19-35-28-29(40)37-31(39-16-23-6-7-24(17-39)36-23)38-30(28)42-18-32-9-3-11-41(32)12-4-10-32/h1,5,8,13-14,19,23-24,36H,3-4,6-7,9-12,15-18,34H2. The van der Waals surface area contributed by atoms with Gasteiger partial charge in [-0.05, 0) is 80.8 Å². The molecule has 4 saturated heterocycles. The van der Waals surface area contributed by atoms with Gasteiger partial charge in [-0.25, -0.2) is 9.37 Å². The average Bonchev–Trinajstić information content (AvgIpc) is 3.75. The first-order valence-corrected chi connectivity index (χ1v) is 15.1. The van der Waals surface area contributed by atoms with Crippen LogP contribution >= 0.6 is 0 Å². The molecule has 8 rings (SSSR count). The minimum atomic E-state index is -0.424. The molecule has 0 spiro atoms. The fourth-order valence-electron chi connectivity index (χ4n) is 7.89. The van der Waals surface area contributed by atoms with Gasteiger partial charge in [-0.1, -0.05) is 12.0 Å². The van der Waals surface area contributed by atoms with Crippen molar-refractivity contribution in [1.82, 2.24) is 29.7 Å². The highest BCUT2D eigenvalue weighted by molar-refractivity contribution is 5.93. The van der Waals surface area contributed by atoms with E-state index in [4.69, 9.17) is 31.8 Å². The zero-order valence-corrected chi connectivity index (χ0v) is 23.7. The number of imidazole rings is 1. The minimum Gasteiger partial charge on any atom is -0.474 e. The maximum atomic E-state index is 14.8. The van der Waals surface area contributed by atoms with Crippen molar-refractivity contribution in [3.8, 4) is 18.2 Å². The Morgan fingerprint density at radius 2 is 1.90 bits per heavy atom. The monoisotopic (exact) mass is 566 g/mol. The maximum absolute atomic E-state index is 14.8. The summed E-state index contributed by atoms with van der Waals surface area (Å²) in [5, 5.41) is 5.18. The van der Waals surface area contributed by atoms with Crippen molar-refractivity contribution in [2.24, 2.45) is 0 Å². The third kappa shape index (κ3) is 4.17. The number of halogens is 1. The number of anilines is 2. The van der Waals surface area contributed by atoms with Crippen molar-refractivity contribution >= 4 is 33.6 Å². The number of ether oxygens (including phenoxy) is 1. The van der Waals surface area contributed by atoms with Gasteiger partial charge in [-0.15, -0.1) is 6.42 Å². The first kappa shape index (κ1) is 25.7. The number of piperazine rings is 1. The van der Waals surface area contributed by atoms with Gasteiger partial charge in [0.2, 0.25) is 11.8 Å². The summed E-state index contributed by atoms with van der Waals surface area (Å²) in [6, 6.07) is 7.68. The lowest BCUT2D eigenvalue weighted by molar-refractivity contribution is 0.111. The zero-order valence-electron chi connectivity index (χ0n) is 23.7. The zero-order chi connectivity index (χ0) is 28.4. The molecule has 4 fully saturated rings. The molecule has 9 nitrogen and oxygen atoms in total. The SMILES string of the molecule is C#Cc1c(F)ccc2cc(N)cc(Cn3cnc4c(OCC56CCCN5CCC6)nc(N5CC6CCC(C5)N6)nc43)c12. The van der Waals surface area contributed by atoms with Crippen molar-refractivity contribution < 1.29 is 9.13 Å². The third-order valence-corrected chi connectivity index (χ3v) is 9.86. The molecule has 4 aliphatic heterocycles. The number of rotatable bonds is 6. The van der Waals surface area contributed by atoms with E-state index in [0.717, 1.165) is 50.0 Å². The molecule has 4 aliphatic rings. The van der Waals surface area contributed by atoms with Crippen LogP contribution in [0.4, 0.5) is 16.0 Å². The Hall–Kier alpha value is -3.94. The molecule has 2 bridgehead atoms. The molecule has 2 atom stereocenters. The molecule has 2 aromatic carbocycles. The highest BCUT2D eigenvalue weighted by atomic mass is 19.1. The fourth-order valence-corrected chi connectivity index (χ4v) is 7.89. The number of fused-ring (bicyclic) bond motifs is 5. The van der Waals surface area contributed by atoms with E-state index in [1.54, 1.807) is 12.4 Å². The molecule has 3 N–H and O–H groups in total. The molecule has 0 aliphatic carbocycles. The number of hydrogen-bond acceptors (Lipinski definition) is 8. The van der Waals surface area contributed by atoms with E-state index < -0.39 is 5.82 Å². The summed E-state index contributed by atoms with van der Waals surface area (Å²) >= 11 is 0. The number of benzene rings is 2. The number of nitrogens with one attached hydrogen (secondary N) is 1. The summed E-state index contributed by atoms with van der Waals surface area (Å²) in [4.78, 5) is 19.7. The molecule has 0 saturated carbocycles. The van der Waals surface area contributed by atoms with Crippen LogP contribution in [0.1, 0.15) is 49.7 Å². The van der Waals surface area contributed by atoms with Gasteiger partial charge in [0.1, 0.15) is 12.4 Å². The van der Waals surface area contributed by atoms with Crippen molar-refractivity contribution in [3.05, 3.63) is 47.5 Å². The lowest BCUT2D eigenvalue weighted by atomic mass is 9.95. The van der Waals surface area contributed by atoms with Crippen LogP contribution in [0.25, 0.3) is 21.9 Å². The molecular weight excluding hydrogens is 531 g/mol. The van der Waals surface area contributed by atoms with Crippen molar-refractivity contribution in [3.63, 3.8) is 0 Å². The first-order valence-electron chi connectivity index (χ1n) is 15.1. The molecule has 10 heteroatoms. The van der Waals surface area contributed by atoms with Gasteiger partial charge in [0, 0.05) is 36.2 Å². The summed E-state index contributed by atoms with van der Waals surface area (Å²) in [6.45, 7) is 4.97. The number of nitrogens with zero attached hydrogens (tertiary/aromatic N) is 6. The molecule has 0 radical (unpaired) electrons. The lowest BCUT2D eigenvalue weighted by Gasteiger charge is -2.33. The van der Waals surface area contributed by atoms with Crippen LogP contribution in [0.2, 0.25) is 0 Å². The highest BCUT2D eigenvalue weighted by Gasteiger charge is 2.45. The van der Waals surface area contributed by atoms with Crippen LogP contribution in [0.15, 0.2) is 30.6 Å². The second-order valence-electron chi connectivity index (χ2n) is 12.5. The highest BCUT2D eigenvalue weighted by Crippen LogP contribution is 2.40. The molecule has 2 aromatic heterocycles. The third-order valence-electron chi connectivity index (χ3n) is 9.86. The van der Waals surface area contributed by atoms with E-state index in [2.05, 4.69) is 21.0 Å². The van der Waals surface area contributed by atoms with Crippen LogP contribution < -0.4 is 20.7 Å². The van der Waals surface area contributed by atoms with Gasteiger partial charge in [-0.3, -0.25) is 4.90 Å². The second-order valence-corrected chi connectivity index (χ2v) is 12.5. The summed E-state index contributed by atoms with van der Waals surface area (Å²) < 4.78 is 23.4. The van der Waals surface area contributed by atoms with Gasteiger partial charge >= 0.3 is 0 Å². The van der Waals surface area contributed by atoms with Crippen LogP contribution in [0, 0.1) is 18.2 Å². The Bertz CT molecular complexity index is 1720. The summed E-state index contributed by atoms with van der Waals surface area (Å²) in [5.74, 6) is 3.32. The van der Waals surface area contributed by atoms with Gasteiger partial charge < -0.3 is 25.3 Å². The number of hydrogen-bond donors (Lipinski definition) is 2. The molecule has 216 valence electrons. The van der Waals surface area contributed by atoms with Crippen molar-refractivity contribution in [1.29, 1.82) is 0 Å². The minimum absolute atomic E-state index is 0.0876. The Morgan fingerprint density at radius 1 is 1.12 bits per heavy atom. The Morgan fingerprint density at radius 3 is 2.67 bits per heavy atom. The van der Waals surface area contributed by atoms with Crippen LogP contribution in [0.5, 0.6) is 5.88 Å². The molecule has 0 amide bonds. The first-order chi connectivity index (χ1) is 20.5. The number of nitrogen functional groups attached to an aromatic ring is 1. The Balaban J connectivity index is 1.21. The van der Waals surface area contributed by atoms with E-state index in [0.29, 0.717) is 59.3 Å². The molecule has 2 unspecified atom stereocenters. The van der Waals surface area contributed by atoms with E-state index in [1.807, 2.05) is 16.7 Å². The predicted molar refractivity (Wildman–Crippen MR) is 161 cm³/mol. The lowest BCUT2D eigenvalue weighted by Crippen LogP contribution is -2.51. The van der Waals surface area contributed by atoms with Crippen molar-refractivity contribution in [2.45, 2.75) is 62.7 Å². The van der Waals surface area contributed by atoms with Crippen LogP contribution in [-0.4, -0.2) is 74.8 Å². The van der Waals surface area contributed by atoms with Gasteiger partial charge in [0.05, 0.1) is 24.0 Å². The van der Waals surface area contributed by atoms with E-state index in [9.17, 15) is 4.39 Å². The predicted octanol–water partition coefficient (Wildman–Crippen LogP) is 3.68.